The summed E-state index contributed by atoms with van der Waals surface area (Å²) in [6.45, 7) is 4.46. The molecule has 0 nitrogen and oxygen atoms in total. The van der Waals surface area contributed by atoms with E-state index in [0.29, 0.717) is 0 Å². The second kappa shape index (κ2) is 5.82. The molecule has 0 aromatic carbocycles. The summed E-state index contributed by atoms with van der Waals surface area (Å²) in [5.41, 5.74) is 4.09. The van der Waals surface area contributed by atoms with Crippen molar-refractivity contribution in [2.75, 3.05) is 0 Å². The SMILES string of the molecule is CCC(=C[SiH2]I)CC. The Morgan fingerprint density at radius 3 is 2.12 bits per heavy atom. The summed E-state index contributed by atoms with van der Waals surface area (Å²) in [4.78, 5) is 0. The summed E-state index contributed by atoms with van der Waals surface area (Å²) in [5, 5.41) is 0. The van der Waals surface area contributed by atoms with Crippen LogP contribution in [0.25, 0.3) is 0 Å². The molecule has 0 heterocycles. The Morgan fingerprint density at radius 1 is 1.50 bits per heavy atom. The average molecular weight is 240 g/mol. The second-order valence-corrected chi connectivity index (χ2v) is 5.08. The van der Waals surface area contributed by atoms with Gasteiger partial charge >= 0.3 is 0 Å². The Kier molecular flexibility index (Phi) is 6.32. The smallest absolute Gasteiger partial charge is 0.117 e. The van der Waals surface area contributed by atoms with Crippen molar-refractivity contribution in [3.05, 3.63) is 11.3 Å². The highest BCUT2D eigenvalue weighted by molar-refractivity contribution is 14.1. The first-order valence-electron chi connectivity index (χ1n) is 3.09. The Balaban J connectivity index is 3.49. The number of rotatable bonds is 3. The zero-order valence-corrected chi connectivity index (χ0v) is 9.15. The monoisotopic (exact) mass is 240 g/mol. The van der Waals surface area contributed by atoms with Crippen LogP contribution in [0.15, 0.2) is 11.3 Å². The molecule has 8 heavy (non-hydrogen) atoms. The molecule has 0 saturated carbocycles. The van der Waals surface area contributed by atoms with Gasteiger partial charge in [-0.2, -0.15) is 0 Å². The fourth-order valence-electron chi connectivity index (χ4n) is 0.648. The van der Waals surface area contributed by atoms with Gasteiger partial charge < -0.3 is 0 Å². The van der Waals surface area contributed by atoms with E-state index in [2.05, 4.69) is 41.3 Å². The van der Waals surface area contributed by atoms with Crippen LogP contribution < -0.4 is 0 Å². The lowest BCUT2D eigenvalue weighted by molar-refractivity contribution is 0.983. The highest BCUT2D eigenvalue weighted by atomic mass is 127. The Labute approximate surface area is 66.8 Å². The van der Waals surface area contributed by atoms with Crippen molar-refractivity contribution in [1.82, 2.24) is 0 Å². The van der Waals surface area contributed by atoms with Crippen molar-refractivity contribution in [1.29, 1.82) is 0 Å². The summed E-state index contributed by atoms with van der Waals surface area (Å²) in [5.74, 6) is 0. The van der Waals surface area contributed by atoms with Crippen molar-refractivity contribution in [3.8, 4) is 0 Å². The van der Waals surface area contributed by atoms with Crippen LogP contribution in [-0.2, 0) is 0 Å². The zero-order chi connectivity index (χ0) is 6.41. The highest BCUT2D eigenvalue weighted by Gasteiger charge is 1.85. The van der Waals surface area contributed by atoms with E-state index in [1.165, 1.54) is 12.8 Å². The molecular weight excluding hydrogens is 227 g/mol. The van der Waals surface area contributed by atoms with E-state index in [0.717, 1.165) is 0 Å². The van der Waals surface area contributed by atoms with Gasteiger partial charge in [-0.15, -0.1) is 21.8 Å². The lowest BCUT2D eigenvalue weighted by Crippen LogP contribution is -1.78. The molecule has 0 rings (SSSR count). The second-order valence-electron chi connectivity index (χ2n) is 1.72. The first-order chi connectivity index (χ1) is 3.85. The fourth-order valence-corrected chi connectivity index (χ4v) is 3.31. The van der Waals surface area contributed by atoms with Gasteiger partial charge in [0.1, 0.15) is 7.02 Å². The van der Waals surface area contributed by atoms with E-state index >= 15 is 0 Å². The van der Waals surface area contributed by atoms with Crippen molar-refractivity contribution >= 4 is 28.8 Å². The standard InChI is InChI=1S/C6H13ISi/c1-3-6(4-2)5-8-7/h5H,3-4,8H2,1-2H3. The fraction of sp³-hybridized carbons (Fsp3) is 0.667. The van der Waals surface area contributed by atoms with Crippen molar-refractivity contribution in [3.63, 3.8) is 0 Å². The molecule has 0 spiro atoms. The molecule has 0 aromatic rings. The molecular formula is C6H13ISi. The van der Waals surface area contributed by atoms with Gasteiger partial charge in [0.05, 0.1) is 0 Å². The molecule has 0 N–H and O–H groups in total. The van der Waals surface area contributed by atoms with Crippen LogP contribution in [0.5, 0.6) is 0 Å². The van der Waals surface area contributed by atoms with Crippen LogP contribution in [0.2, 0.25) is 0 Å². The van der Waals surface area contributed by atoms with Crippen LogP contribution in [0.3, 0.4) is 0 Å². The van der Waals surface area contributed by atoms with E-state index in [-0.39, 0.29) is 7.02 Å². The summed E-state index contributed by atoms with van der Waals surface area (Å²) in [6, 6.07) is 0. The summed E-state index contributed by atoms with van der Waals surface area (Å²) >= 11 is 2.51. The van der Waals surface area contributed by atoms with E-state index in [9.17, 15) is 0 Å². The Morgan fingerprint density at radius 2 is 2.00 bits per heavy atom. The van der Waals surface area contributed by atoms with Crippen LogP contribution >= 0.6 is 21.8 Å². The molecule has 0 saturated heterocycles. The Bertz CT molecular complexity index is 72.6. The largest absolute Gasteiger partial charge is 0.122 e. The van der Waals surface area contributed by atoms with Crippen LogP contribution in [0.4, 0.5) is 0 Å². The highest BCUT2D eigenvalue weighted by Crippen LogP contribution is 2.04. The molecule has 0 aliphatic heterocycles. The average Bonchev–Trinajstić information content (AvgIpc) is 1.83. The normalized spacial score (nSPS) is 10.4. The predicted molar refractivity (Wildman–Crippen MR) is 51.2 cm³/mol. The minimum absolute atomic E-state index is 0.153. The molecule has 0 radical (unpaired) electrons. The third-order valence-corrected chi connectivity index (χ3v) is 3.33. The molecule has 0 fully saturated rings. The van der Waals surface area contributed by atoms with E-state index in [1.807, 2.05) is 0 Å². The third kappa shape index (κ3) is 3.66. The molecule has 0 aliphatic carbocycles. The molecule has 0 amide bonds. The van der Waals surface area contributed by atoms with Gasteiger partial charge in [0, 0.05) is 0 Å². The number of halogens is 1. The lowest BCUT2D eigenvalue weighted by atomic mass is 10.2. The van der Waals surface area contributed by atoms with Crippen molar-refractivity contribution in [2.45, 2.75) is 26.7 Å². The van der Waals surface area contributed by atoms with Gasteiger partial charge in [0.2, 0.25) is 0 Å². The summed E-state index contributed by atoms with van der Waals surface area (Å²) in [7, 11) is 0.153. The Hall–Kier alpha value is 0.687. The maximum Gasteiger partial charge on any atom is 0.117 e. The quantitative estimate of drug-likeness (QED) is 0.403. The minimum Gasteiger partial charge on any atom is -0.122 e. The maximum absolute atomic E-state index is 2.51. The van der Waals surface area contributed by atoms with Gasteiger partial charge in [0.25, 0.3) is 0 Å². The maximum atomic E-state index is 2.51. The van der Waals surface area contributed by atoms with Crippen LogP contribution in [0.1, 0.15) is 26.7 Å². The first kappa shape index (κ1) is 8.69. The molecule has 0 atom stereocenters. The zero-order valence-electron chi connectivity index (χ0n) is 5.58. The van der Waals surface area contributed by atoms with Crippen molar-refractivity contribution < 1.29 is 0 Å². The molecule has 2 heteroatoms. The van der Waals surface area contributed by atoms with E-state index < -0.39 is 0 Å². The number of hydrogen-bond donors (Lipinski definition) is 0. The summed E-state index contributed by atoms with van der Waals surface area (Å²) in [6.07, 6.45) is 2.51. The summed E-state index contributed by atoms with van der Waals surface area (Å²) < 4.78 is 0. The van der Waals surface area contributed by atoms with Gasteiger partial charge in [0.15, 0.2) is 0 Å². The van der Waals surface area contributed by atoms with E-state index in [4.69, 9.17) is 0 Å². The van der Waals surface area contributed by atoms with Crippen molar-refractivity contribution in [2.24, 2.45) is 0 Å². The van der Waals surface area contributed by atoms with Gasteiger partial charge in [-0.3, -0.25) is 0 Å². The number of hydrogen-bond acceptors (Lipinski definition) is 0. The van der Waals surface area contributed by atoms with Gasteiger partial charge in [-0.05, 0) is 12.8 Å². The molecule has 0 unspecified atom stereocenters. The molecule has 48 valence electrons. The van der Waals surface area contributed by atoms with Gasteiger partial charge in [-0.25, -0.2) is 0 Å². The lowest BCUT2D eigenvalue weighted by Gasteiger charge is -1.95. The van der Waals surface area contributed by atoms with Crippen LogP contribution in [0, 0.1) is 0 Å². The van der Waals surface area contributed by atoms with Gasteiger partial charge in [-0.1, -0.05) is 25.1 Å². The minimum atomic E-state index is 0.153. The molecule has 0 aliphatic rings. The topological polar surface area (TPSA) is 0 Å². The first-order valence-corrected chi connectivity index (χ1v) is 9.01. The third-order valence-electron chi connectivity index (χ3n) is 1.27. The van der Waals surface area contributed by atoms with E-state index in [1.54, 1.807) is 5.57 Å². The van der Waals surface area contributed by atoms with Crippen LogP contribution in [-0.4, -0.2) is 7.02 Å². The number of allylic oxidation sites excluding steroid dienone is 1. The molecule has 0 bridgehead atoms. The predicted octanol–water partition coefficient (Wildman–Crippen LogP) is 2.21. The molecule has 0 aromatic heterocycles.